The van der Waals surface area contributed by atoms with Gasteiger partial charge in [0.25, 0.3) is 0 Å². The van der Waals surface area contributed by atoms with Gasteiger partial charge in [0.15, 0.2) is 0 Å². The van der Waals surface area contributed by atoms with Crippen LogP contribution in [0.2, 0.25) is 5.15 Å². The first kappa shape index (κ1) is 12.5. The molecule has 1 aromatic heterocycles. The Bertz CT molecular complexity index is 400. The van der Waals surface area contributed by atoms with Gasteiger partial charge in [0.2, 0.25) is 0 Å². The quantitative estimate of drug-likeness (QED) is 0.718. The molecule has 0 spiro atoms. The Morgan fingerprint density at radius 1 is 1.12 bits per heavy atom. The maximum Gasteiger partial charge on any atom is 0.419 e. The number of nitrogens with zero attached hydrogens (tertiary/aromatic N) is 2. The van der Waals surface area contributed by atoms with Crippen LogP contribution in [0.4, 0.5) is 19.0 Å². The van der Waals surface area contributed by atoms with E-state index in [9.17, 15) is 13.2 Å². The van der Waals surface area contributed by atoms with E-state index in [0.29, 0.717) is 5.82 Å². The molecule has 94 valence electrons. The second kappa shape index (κ2) is 4.72. The van der Waals surface area contributed by atoms with Crippen LogP contribution in [0.15, 0.2) is 12.1 Å². The molecule has 0 aromatic carbocycles. The number of halogens is 4. The molecule has 1 aromatic rings. The molecule has 2 nitrogen and oxygen atoms in total. The van der Waals surface area contributed by atoms with Gasteiger partial charge in [-0.05, 0) is 31.4 Å². The van der Waals surface area contributed by atoms with Gasteiger partial charge in [-0.2, -0.15) is 13.2 Å². The van der Waals surface area contributed by atoms with Crippen LogP contribution in [0.5, 0.6) is 0 Å². The van der Waals surface area contributed by atoms with Crippen LogP contribution in [0.25, 0.3) is 0 Å². The van der Waals surface area contributed by atoms with Crippen molar-refractivity contribution < 1.29 is 13.2 Å². The summed E-state index contributed by atoms with van der Waals surface area (Å²) in [5.74, 6) is 0.530. The van der Waals surface area contributed by atoms with Crippen molar-refractivity contribution in [3.05, 3.63) is 22.8 Å². The Labute approximate surface area is 102 Å². The fraction of sp³-hybridized carbons (Fsp3) is 0.545. The first-order chi connectivity index (χ1) is 7.98. The largest absolute Gasteiger partial charge is 0.419 e. The van der Waals surface area contributed by atoms with Gasteiger partial charge in [-0.1, -0.05) is 11.6 Å². The Morgan fingerprint density at radius 3 is 2.29 bits per heavy atom. The van der Waals surface area contributed by atoms with Crippen LogP contribution in [-0.4, -0.2) is 18.1 Å². The summed E-state index contributed by atoms with van der Waals surface area (Å²) in [5.41, 5.74) is -0.875. The van der Waals surface area contributed by atoms with Crippen molar-refractivity contribution in [1.82, 2.24) is 4.98 Å². The number of alkyl halides is 3. The van der Waals surface area contributed by atoms with Crippen molar-refractivity contribution in [3.8, 4) is 0 Å². The lowest BCUT2D eigenvalue weighted by atomic mass is 10.1. The molecule has 1 fully saturated rings. The van der Waals surface area contributed by atoms with Crippen LogP contribution in [-0.2, 0) is 6.18 Å². The highest BCUT2D eigenvalue weighted by atomic mass is 35.5. The van der Waals surface area contributed by atoms with Gasteiger partial charge in [-0.15, -0.1) is 0 Å². The lowest BCUT2D eigenvalue weighted by Gasteiger charge is -2.28. The zero-order valence-corrected chi connectivity index (χ0v) is 9.85. The number of aromatic nitrogens is 1. The third-order valence-electron chi connectivity index (χ3n) is 2.82. The minimum absolute atomic E-state index is 0.472. The van der Waals surface area contributed by atoms with Crippen molar-refractivity contribution >= 4 is 17.4 Å². The fourth-order valence-corrected chi connectivity index (χ4v) is 2.19. The van der Waals surface area contributed by atoms with Crippen molar-refractivity contribution in [3.63, 3.8) is 0 Å². The monoisotopic (exact) mass is 264 g/mol. The smallest absolute Gasteiger partial charge is 0.357 e. The van der Waals surface area contributed by atoms with Crippen molar-refractivity contribution in [2.75, 3.05) is 18.0 Å². The van der Waals surface area contributed by atoms with Crippen LogP contribution in [0.1, 0.15) is 24.8 Å². The molecule has 0 saturated carbocycles. The van der Waals surface area contributed by atoms with E-state index < -0.39 is 16.9 Å². The van der Waals surface area contributed by atoms with Gasteiger partial charge in [0.1, 0.15) is 11.0 Å². The lowest BCUT2D eigenvalue weighted by molar-refractivity contribution is -0.137. The number of anilines is 1. The van der Waals surface area contributed by atoms with Crippen molar-refractivity contribution in [2.45, 2.75) is 25.4 Å². The minimum atomic E-state index is -4.44. The number of pyridine rings is 1. The topological polar surface area (TPSA) is 16.1 Å². The Kier molecular flexibility index (Phi) is 3.47. The molecule has 2 rings (SSSR count). The molecular weight excluding hydrogens is 253 g/mol. The Morgan fingerprint density at radius 2 is 1.76 bits per heavy atom. The van der Waals surface area contributed by atoms with Gasteiger partial charge in [-0.25, -0.2) is 4.98 Å². The standard InChI is InChI=1S/C11H12ClF3N2/c12-10-8(11(13,14)15)4-5-9(16-10)17-6-2-1-3-7-17/h4-5H,1-3,6-7H2. The van der Waals surface area contributed by atoms with Crippen LogP contribution in [0, 0.1) is 0 Å². The zero-order chi connectivity index (χ0) is 12.5. The van der Waals surface area contributed by atoms with E-state index >= 15 is 0 Å². The molecule has 2 heterocycles. The van der Waals surface area contributed by atoms with Gasteiger partial charge >= 0.3 is 6.18 Å². The predicted molar refractivity (Wildman–Crippen MR) is 60.3 cm³/mol. The van der Waals surface area contributed by atoms with Crippen LogP contribution in [0.3, 0.4) is 0 Å². The number of rotatable bonds is 1. The fourth-order valence-electron chi connectivity index (χ4n) is 1.94. The number of piperidine rings is 1. The minimum Gasteiger partial charge on any atom is -0.357 e. The maximum atomic E-state index is 12.5. The van der Waals surface area contributed by atoms with E-state index in [1.165, 1.54) is 6.07 Å². The van der Waals surface area contributed by atoms with E-state index in [4.69, 9.17) is 11.6 Å². The number of hydrogen-bond acceptors (Lipinski definition) is 2. The summed E-state index contributed by atoms with van der Waals surface area (Å²) >= 11 is 5.58. The first-order valence-corrected chi connectivity index (χ1v) is 5.85. The van der Waals surface area contributed by atoms with E-state index in [1.54, 1.807) is 0 Å². The third kappa shape index (κ3) is 2.83. The molecular formula is C11H12ClF3N2. The summed E-state index contributed by atoms with van der Waals surface area (Å²) in [5, 5.41) is -0.472. The molecule has 0 radical (unpaired) electrons. The number of hydrogen-bond donors (Lipinski definition) is 0. The molecule has 6 heteroatoms. The van der Waals surface area contributed by atoms with Crippen LogP contribution < -0.4 is 4.90 Å². The second-order valence-corrected chi connectivity index (χ2v) is 4.41. The van der Waals surface area contributed by atoms with E-state index in [0.717, 1.165) is 38.4 Å². The summed E-state index contributed by atoms with van der Waals surface area (Å²) in [4.78, 5) is 5.80. The summed E-state index contributed by atoms with van der Waals surface area (Å²) in [6.07, 6.45) is -1.20. The molecule has 0 bridgehead atoms. The lowest BCUT2D eigenvalue weighted by Crippen LogP contribution is -2.30. The third-order valence-corrected chi connectivity index (χ3v) is 3.11. The summed E-state index contributed by atoms with van der Waals surface area (Å²) in [6.45, 7) is 1.66. The molecule has 0 unspecified atom stereocenters. The van der Waals surface area contributed by atoms with E-state index in [1.807, 2.05) is 4.90 Å². The zero-order valence-electron chi connectivity index (χ0n) is 9.10. The Balaban J connectivity index is 2.24. The van der Waals surface area contributed by atoms with Gasteiger partial charge in [-0.3, -0.25) is 0 Å². The highest BCUT2D eigenvalue weighted by Crippen LogP contribution is 2.34. The molecule has 0 atom stereocenters. The average molecular weight is 265 g/mol. The van der Waals surface area contributed by atoms with Crippen LogP contribution >= 0.6 is 11.6 Å². The van der Waals surface area contributed by atoms with Crippen molar-refractivity contribution in [2.24, 2.45) is 0 Å². The molecule has 1 aliphatic heterocycles. The van der Waals surface area contributed by atoms with Gasteiger partial charge in [0, 0.05) is 13.1 Å². The van der Waals surface area contributed by atoms with Gasteiger partial charge in [0.05, 0.1) is 5.56 Å². The van der Waals surface area contributed by atoms with Crippen molar-refractivity contribution in [1.29, 1.82) is 0 Å². The highest BCUT2D eigenvalue weighted by Gasteiger charge is 2.34. The molecule has 0 N–H and O–H groups in total. The predicted octanol–water partition coefficient (Wildman–Crippen LogP) is 3.74. The first-order valence-electron chi connectivity index (χ1n) is 5.47. The normalized spacial score (nSPS) is 17.3. The summed E-state index contributed by atoms with van der Waals surface area (Å²) in [6, 6.07) is 2.39. The average Bonchev–Trinajstić information content (AvgIpc) is 2.28. The summed E-state index contributed by atoms with van der Waals surface area (Å²) < 4.78 is 37.5. The van der Waals surface area contributed by atoms with Gasteiger partial charge < -0.3 is 4.90 Å². The maximum absolute atomic E-state index is 12.5. The molecule has 0 aliphatic carbocycles. The van der Waals surface area contributed by atoms with E-state index in [-0.39, 0.29) is 0 Å². The molecule has 1 aliphatic rings. The SMILES string of the molecule is FC(F)(F)c1ccc(N2CCCCC2)nc1Cl. The molecule has 0 amide bonds. The van der Waals surface area contributed by atoms with E-state index in [2.05, 4.69) is 4.98 Å². The molecule has 1 saturated heterocycles. The summed E-state index contributed by atoms with van der Waals surface area (Å²) in [7, 11) is 0. The highest BCUT2D eigenvalue weighted by molar-refractivity contribution is 6.30. The Hall–Kier alpha value is -0.970. The second-order valence-electron chi connectivity index (χ2n) is 4.05. The molecule has 17 heavy (non-hydrogen) atoms.